The second kappa shape index (κ2) is 6.69. The molecule has 23 heavy (non-hydrogen) atoms. The fraction of sp³-hybridized carbons (Fsp3) is 0.333. The molecule has 0 aliphatic carbocycles. The van der Waals surface area contributed by atoms with Gasteiger partial charge in [0, 0.05) is 32.4 Å². The van der Waals surface area contributed by atoms with Crippen LogP contribution in [0.3, 0.4) is 0 Å². The maximum atomic E-state index is 12.5. The highest BCUT2D eigenvalue weighted by atomic mass is 16.5. The molecule has 5 heteroatoms. The lowest BCUT2D eigenvalue weighted by Gasteiger charge is -2.36. The normalized spacial score (nSPS) is 14.7. The minimum atomic E-state index is 0.00776. The summed E-state index contributed by atoms with van der Waals surface area (Å²) in [5.41, 5.74) is 2.66. The van der Waals surface area contributed by atoms with Gasteiger partial charge in [-0.15, -0.1) is 0 Å². The first-order chi connectivity index (χ1) is 11.2. The van der Waals surface area contributed by atoms with E-state index < -0.39 is 0 Å². The number of para-hydroxylation sites is 2. The highest BCUT2D eigenvalue weighted by molar-refractivity contribution is 5.92. The van der Waals surface area contributed by atoms with Crippen LogP contribution in [0, 0.1) is 6.92 Å². The summed E-state index contributed by atoms with van der Waals surface area (Å²) in [7, 11) is 1.68. The summed E-state index contributed by atoms with van der Waals surface area (Å²) in [6, 6.07) is 11.7. The van der Waals surface area contributed by atoms with Crippen molar-refractivity contribution in [2.75, 3.05) is 38.2 Å². The van der Waals surface area contributed by atoms with Crippen LogP contribution in [0.15, 0.2) is 42.6 Å². The van der Waals surface area contributed by atoms with Gasteiger partial charge in [0.25, 0.3) is 5.91 Å². The third-order valence-corrected chi connectivity index (χ3v) is 4.13. The van der Waals surface area contributed by atoms with Gasteiger partial charge in [0.2, 0.25) is 0 Å². The van der Waals surface area contributed by atoms with Crippen LogP contribution in [0.5, 0.6) is 5.75 Å². The van der Waals surface area contributed by atoms with Crippen LogP contribution in [-0.4, -0.2) is 49.1 Å². The second-order valence-electron chi connectivity index (χ2n) is 5.67. The number of carbonyl (C=O) groups excluding carboxylic acids is 1. The molecule has 1 aromatic carbocycles. The van der Waals surface area contributed by atoms with Crippen molar-refractivity contribution >= 4 is 11.6 Å². The molecule has 1 amide bonds. The van der Waals surface area contributed by atoms with E-state index in [1.807, 2.05) is 42.2 Å². The summed E-state index contributed by atoms with van der Waals surface area (Å²) in [6.07, 6.45) is 1.69. The van der Waals surface area contributed by atoms with Gasteiger partial charge in [-0.1, -0.05) is 12.1 Å². The van der Waals surface area contributed by atoms with Crippen molar-refractivity contribution in [3.8, 4) is 5.75 Å². The van der Waals surface area contributed by atoms with Gasteiger partial charge in [-0.3, -0.25) is 9.78 Å². The number of carbonyl (C=O) groups is 1. The lowest BCUT2D eigenvalue weighted by Crippen LogP contribution is -2.49. The number of aryl methyl sites for hydroxylation is 1. The number of hydrogen-bond donors (Lipinski definition) is 0. The molecule has 1 aliphatic rings. The Morgan fingerprint density at radius 1 is 1.13 bits per heavy atom. The van der Waals surface area contributed by atoms with E-state index in [9.17, 15) is 4.79 Å². The molecular formula is C18H21N3O2. The number of rotatable bonds is 3. The maximum Gasteiger partial charge on any atom is 0.272 e. The van der Waals surface area contributed by atoms with Gasteiger partial charge < -0.3 is 14.5 Å². The van der Waals surface area contributed by atoms with Crippen LogP contribution in [-0.2, 0) is 0 Å². The van der Waals surface area contributed by atoms with Gasteiger partial charge in [-0.2, -0.15) is 0 Å². The highest BCUT2D eigenvalue weighted by Gasteiger charge is 2.24. The van der Waals surface area contributed by atoms with E-state index in [-0.39, 0.29) is 5.91 Å². The minimum absolute atomic E-state index is 0.00776. The molecule has 3 rings (SSSR count). The lowest BCUT2D eigenvalue weighted by molar-refractivity contribution is 0.0740. The Bertz CT molecular complexity index is 694. The monoisotopic (exact) mass is 311 g/mol. The van der Waals surface area contributed by atoms with Crippen LogP contribution in [0.4, 0.5) is 5.69 Å². The number of methoxy groups -OCH3 is 1. The molecule has 0 unspecified atom stereocenters. The molecule has 0 radical (unpaired) electrons. The topological polar surface area (TPSA) is 45.7 Å². The first-order valence-electron chi connectivity index (χ1n) is 7.79. The summed E-state index contributed by atoms with van der Waals surface area (Å²) < 4.78 is 5.42. The number of anilines is 1. The number of nitrogens with zero attached hydrogens (tertiary/aromatic N) is 3. The Hall–Kier alpha value is -2.56. The van der Waals surface area contributed by atoms with E-state index in [0.29, 0.717) is 18.8 Å². The Kier molecular flexibility index (Phi) is 4.46. The largest absolute Gasteiger partial charge is 0.495 e. The van der Waals surface area contributed by atoms with Crippen LogP contribution in [0.25, 0.3) is 0 Å². The van der Waals surface area contributed by atoms with Gasteiger partial charge in [0.15, 0.2) is 0 Å². The molecule has 1 fully saturated rings. The number of benzene rings is 1. The van der Waals surface area contributed by atoms with E-state index >= 15 is 0 Å². The molecule has 1 aromatic heterocycles. The van der Waals surface area contributed by atoms with Gasteiger partial charge in [-0.05, 0) is 36.8 Å². The van der Waals surface area contributed by atoms with Crippen molar-refractivity contribution in [2.24, 2.45) is 0 Å². The zero-order valence-electron chi connectivity index (χ0n) is 13.5. The molecule has 1 saturated heterocycles. The van der Waals surface area contributed by atoms with Crippen LogP contribution in [0.2, 0.25) is 0 Å². The van der Waals surface area contributed by atoms with Gasteiger partial charge in [0.1, 0.15) is 11.4 Å². The molecule has 0 N–H and O–H groups in total. The Morgan fingerprint density at radius 3 is 2.57 bits per heavy atom. The van der Waals surface area contributed by atoms with Gasteiger partial charge >= 0.3 is 0 Å². The number of hydrogen-bond acceptors (Lipinski definition) is 4. The number of ether oxygens (including phenoxy) is 1. The van der Waals surface area contributed by atoms with Gasteiger partial charge in [-0.25, -0.2) is 0 Å². The molecule has 0 spiro atoms. The quantitative estimate of drug-likeness (QED) is 0.873. The number of pyridine rings is 1. The van der Waals surface area contributed by atoms with Crippen molar-refractivity contribution in [3.63, 3.8) is 0 Å². The molecule has 2 aromatic rings. The molecule has 0 atom stereocenters. The fourth-order valence-electron chi connectivity index (χ4n) is 2.86. The van der Waals surface area contributed by atoms with E-state index in [2.05, 4.69) is 16.0 Å². The first kappa shape index (κ1) is 15.3. The van der Waals surface area contributed by atoms with E-state index in [0.717, 1.165) is 30.1 Å². The fourth-order valence-corrected chi connectivity index (χ4v) is 2.86. The van der Waals surface area contributed by atoms with Crippen molar-refractivity contribution in [1.29, 1.82) is 0 Å². The van der Waals surface area contributed by atoms with Gasteiger partial charge in [0.05, 0.1) is 12.8 Å². The summed E-state index contributed by atoms with van der Waals surface area (Å²) in [4.78, 5) is 20.9. The number of amides is 1. The van der Waals surface area contributed by atoms with E-state index in [1.54, 1.807) is 13.3 Å². The molecule has 0 saturated carbocycles. The molecule has 5 nitrogen and oxygen atoms in total. The van der Waals surface area contributed by atoms with E-state index in [1.165, 1.54) is 0 Å². The summed E-state index contributed by atoms with van der Waals surface area (Å²) in [5, 5.41) is 0. The average molecular weight is 311 g/mol. The third-order valence-electron chi connectivity index (χ3n) is 4.13. The van der Waals surface area contributed by atoms with E-state index in [4.69, 9.17) is 4.74 Å². The maximum absolute atomic E-state index is 12.5. The molecule has 120 valence electrons. The summed E-state index contributed by atoms with van der Waals surface area (Å²) in [5.74, 6) is 0.876. The number of piperazine rings is 1. The van der Waals surface area contributed by atoms with Crippen molar-refractivity contribution in [3.05, 3.63) is 53.9 Å². The third kappa shape index (κ3) is 3.28. The molecule has 1 aliphatic heterocycles. The van der Waals surface area contributed by atoms with Crippen molar-refractivity contribution in [1.82, 2.24) is 9.88 Å². The lowest BCUT2D eigenvalue weighted by atomic mass is 10.2. The summed E-state index contributed by atoms with van der Waals surface area (Å²) >= 11 is 0. The number of aromatic nitrogens is 1. The van der Waals surface area contributed by atoms with Crippen LogP contribution in [0.1, 0.15) is 16.1 Å². The first-order valence-corrected chi connectivity index (χ1v) is 7.79. The SMILES string of the molecule is COc1ccccc1N1CCN(C(=O)c2cc(C)ccn2)CC1. The van der Waals surface area contributed by atoms with Crippen molar-refractivity contribution in [2.45, 2.75) is 6.92 Å². The molecule has 0 bridgehead atoms. The second-order valence-corrected chi connectivity index (χ2v) is 5.67. The van der Waals surface area contributed by atoms with Crippen LogP contribution >= 0.6 is 0 Å². The standard InChI is InChI=1S/C18H21N3O2/c1-14-7-8-19-15(13-14)18(22)21-11-9-20(10-12-21)16-5-3-4-6-17(16)23-2/h3-8,13H,9-12H2,1-2H3. The Balaban J connectivity index is 1.67. The predicted molar refractivity (Wildman–Crippen MR) is 90.1 cm³/mol. The molecular weight excluding hydrogens is 290 g/mol. The highest BCUT2D eigenvalue weighted by Crippen LogP contribution is 2.28. The Labute approximate surface area is 136 Å². The zero-order valence-corrected chi connectivity index (χ0v) is 13.5. The smallest absolute Gasteiger partial charge is 0.272 e. The average Bonchev–Trinajstić information content (AvgIpc) is 2.61. The zero-order chi connectivity index (χ0) is 16.2. The summed E-state index contributed by atoms with van der Waals surface area (Å²) in [6.45, 7) is 4.92. The van der Waals surface area contributed by atoms with Crippen LogP contribution < -0.4 is 9.64 Å². The minimum Gasteiger partial charge on any atom is -0.495 e. The predicted octanol–water partition coefficient (Wildman–Crippen LogP) is 2.36. The molecule has 2 heterocycles. The Morgan fingerprint density at radius 2 is 1.87 bits per heavy atom. The van der Waals surface area contributed by atoms with Crippen molar-refractivity contribution < 1.29 is 9.53 Å².